The molecule has 0 bridgehead atoms. The minimum atomic E-state index is -0.0444. The molecule has 2 rings (SSSR count). The maximum Gasteiger partial charge on any atom is 0.194 e. The van der Waals surface area contributed by atoms with Crippen molar-refractivity contribution < 1.29 is 4.79 Å². The molecule has 0 fully saturated rings. The van der Waals surface area contributed by atoms with Crippen molar-refractivity contribution >= 4 is 17.4 Å². The molecule has 0 atom stereocenters. The average molecular weight is 230 g/mol. The first-order valence-electron chi connectivity index (χ1n) is 4.96. The highest BCUT2D eigenvalue weighted by Crippen LogP contribution is 2.22. The van der Waals surface area contributed by atoms with Crippen molar-refractivity contribution in [2.24, 2.45) is 0 Å². The molecule has 0 aliphatic heterocycles. The zero-order valence-corrected chi connectivity index (χ0v) is 9.58. The van der Waals surface area contributed by atoms with E-state index in [-0.39, 0.29) is 5.78 Å². The maximum absolute atomic E-state index is 12.2. The predicted molar refractivity (Wildman–Crippen MR) is 64.9 cm³/mol. The summed E-state index contributed by atoms with van der Waals surface area (Å²) in [6.45, 7) is 1.88. The Morgan fingerprint density at radius 2 is 1.88 bits per heavy atom. The Morgan fingerprint density at radius 1 is 1.19 bits per heavy atom. The Balaban J connectivity index is 2.50. The highest BCUT2D eigenvalue weighted by Gasteiger charge is 2.14. The number of carbonyl (C=O) groups excluding carboxylic acids is 1. The third kappa shape index (κ3) is 2.00. The number of aryl methyl sites for hydroxylation is 1. The van der Waals surface area contributed by atoms with Crippen LogP contribution < -0.4 is 0 Å². The fourth-order valence-electron chi connectivity index (χ4n) is 1.60. The zero-order chi connectivity index (χ0) is 11.5. The van der Waals surface area contributed by atoms with Gasteiger partial charge in [-0.3, -0.25) is 4.79 Å². The topological polar surface area (TPSA) is 17.1 Å². The molecule has 0 heterocycles. The first kappa shape index (κ1) is 10.9. The van der Waals surface area contributed by atoms with E-state index in [0.717, 1.165) is 5.56 Å². The van der Waals surface area contributed by atoms with E-state index in [1.807, 2.05) is 19.1 Å². The van der Waals surface area contributed by atoms with Crippen LogP contribution >= 0.6 is 11.6 Å². The molecule has 0 saturated carbocycles. The van der Waals surface area contributed by atoms with Gasteiger partial charge in [-0.15, -0.1) is 0 Å². The number of hydrogen-bond acceptors (Lipinski definition) is 1. The number of halogens is 1. The summed E-state index contributed by atoms with van der Waals surface area (Å²) >= 11 is 6.05. The Kier molecular flexibility index (Phi) is 3.07. The van der Waals surface area contributed by atoms with Gasteiger partial charge in [0.2, 0.25) is 0 Å². The lowest BCUT2D eigenvalue weighted by molar-refractivity contribution is 0.103. The summed E-state index contributed by atoms with van der Waals surface area (Å²) < 4.78 is 0. The van der Waals surface area contributed by atoms with Gasteiger partial charge in [-0.25, -0.2) is 0 Å². The van der Waals surface area contributed by atoms with Crippen LogP contribution in [0.25, 0.3) is 0 Å². The first-order chi connectivity index (χ1) is 7.70. The summed E-state index contributed by atoms with van der Waals surface area (Å²) in [5, 5.41) is 0.498. The van der Waals surface area contributed by atoms with Crippen LogP contribution in [0.3, 0.4) is 0 Å². The molecule has 2 aromatic rings. The van der Waals surface area contributed by atoms with Gasteiger partial charge in [0.05, 0.1) is 5.02 Å². The van der Waals surface area contributed by atoms with Crippen LogP contribution in [0.15, 0.2) is 42.5 Å². The van der Waals surface area contributed by atoms with E-state index in [9.17, 15) is 4.79 Å². The van der Waals surface area contributed by atoms with Crippen LogP contribution in [0.2, 0.25) is 5.02 Å². The average Bonchev–Trinajstić information content (AvgIpc) is 2.30. The van der Waals surface area contributed by atoms with Gasteiger partial charge in [0, 0.05) is 11.1 Å². The predicted octanol–water partition coefficient (Wildman–Crippen LogP) is 3.68. The molecule has 1 radical (unpaired) electrons. The van der Waals surface area contributed by atoms with Crippen LogP contribution in [0, 0.1) is 13.0 Å². The fourth-order valence-corrected chi connectivity index (χ4v) is 1.91. The van der Waals surface area contributed by atoms with Crippen molar-refractivity contribution in [3.05, 3.63) is 70.2 Å². The molecule has 2 heteroatoms. The minimum absolute atomic E-state index is 0.0444. The van der Waals surface area contributed by atoms with E-state index in [4.69, 9.17) is 11.6 Å². The Hall–Kier alpha value is -1.60. The second kappa shape index (κ2) is 4.50. The molecule has 0 N–H and O–H groups in total. The van der Waals surface area contributed by atoms with Gasteiger partial charge in [0.25, 0.3) is 0 Å². The third-order valence-electron chi connectivity index (χ3n) is 2.43. The summed E-state index contributed by atoms with van der Waals surface area (Å²) in [6.07, 6.45) is 0. The Morgan fingerprint density at radius 3 is 2.50 bits per heavy atom. The number of ketones is 1. The number of rotatable bonds is 2. The van der Waals surface area contributed by atoms with Gasteiger partial charge in [-0.1, -0.05) is 48.0 Å². The van der Waals surface area contributed by atoms with Gasteiger partial charge < -0.3 is 0 Å². The van der Waals surface area contributed by atoms with Gasteiger partial charge in [-0.05, 0) is 24.6 Å². The third-order valence-corrected chi connectivity index (χ3v) is 2.74. The molecule has 0 saturated heterocycles. The number of carbonyl (C=O) groups is 1. The van der Waals surface area contributed by atoms with E-state index in [1.54, 1.807) is 30.3 Å². The molecule has 0 amide bonds. The van der Waals surface area contributed by atoms with Crippen molar-refractivity contribution in [3.8, 4) is 0 Å². The van der Waals surface area contributed by atoms with Crippen LogP contribution in [0.5, 0.6) is 0 Å². The lowest BCUT2D eigenvalue weighted by Crippen LogP contribution is -2.04. The van der Waals surface area contributed by atoms with E-state index >= 15 is 0 Å². The van der Waals surface area contributed by atoms with Crippen molar-refractivity contribution in [2.45, 2.75) is 6.92 Å². The smallest absolute Gasteiger partial charge is 0.194 e. The number of benzene rings is 2. The van der Waals surface area contributed by atoms with Crippen molar-refractivity contribution in [1.29, 1.82) is 0 Å². The van der Waals surface area contributed by atoms with Crippen LogP contribution in [0.1, 0.15) is 21.5 Å². The summed E-state index contributed by atoms with van der Waals surface area (Å²) in [4.78, 5) is 12.2. The van der Waals surface area contributed by atoms with Crippen LogP contribution in [-0.2, 0) is 0 Å². The molecule has 0 spiro atoms. The second-order valence-electron chi connectivity index (χ2n) is 3.55. The summed E-state index contributed by atoms with van der Waals surface area (Å²) in [7, 11) is 0. The van der Waals surface area contributed by atoms with E-state index in [1.165, 1.54) is 0 Å². The Labute approximate surface area is 99.7 Å². The van der Waals surface area contributed by atoms with Gasteiger partial charge in [-0.2, -0.15) is 0 Å². The van der Waals surface area contributed by atoms with Gasteiger partial charge >= 0.3 is 0 Å². The monoisotopic (exact) mass is 229 g/mol. The normalized spacial score (nSPS) is 10.1. The Bertz CT molecular complexity index is 497. The SMILES string of the molecule is Cc1cccc(Cl)c1C(=O)c1cc[c]cc1. The molecule has 0 aliphatic carbocycles. The highest BCUT2D eigenvalue weighted by molar-refractivity contribution is 6.35. The fraction of sp³-hybridized carbons (Fsp3) is 0.0714. The first-order valence-corrected chi connectivity index (χ1v) is 5.34. The van der Waals surface area contributed by atoms with Gasteiger partial charge in [0.15, 0.2) is 5.78 Å². The largest absolute Gasteiger partial charge is 0.289 e. The molecular weight excluding hydrogens is 220 g/mol. The maximum atomic E-state index is 12.2. The minimum Gasteiger partial charge on any atom is -0.289 e. The molecule has 79 valence electrons. The van der Waals surface area contributed by atoms with Gasteiger partial charge in [0.1, 0.15) is 0 Å². The van der Waals surface area contributed by atoms with Crippen LogP contribution in [-0.4, -0.2) is 5.78 Å². The summed E-state index contributed by atoms with van der Waals surface area (Å²) in [6, 6.07) is 15.3. The van der Waals surface area contributed by atoms with E-state index < -0.39 is 0 Å². The van der Waals surface area contributed by atoms with E-state index in [2.05, 4.69) is 6.07 Å². The molecular formula is C14H10ClO. The van der Waals surface area contributed by atoms with Crippen LogP contribution in [0.4, 0.5) is 0 Å². The molecule has 16 heavy (non-hydrogen) atoms. The number of hydrogen-bond donors (Lipinski definition) is 0. The van der Waals surface area contributed by atoms with Crippen molar-refractivity contribution in [2.75, 3.05) is 0 Å². The quantitative estimate of drug-likeness (QED) is 0.718. The summed E-state index contributed by atoms with van der Waals surface area (Å²) in [5.41, 5.74) is 2.11. The highest BCUT2D eigenvalue weighted by atomic mass is 35.5. The molecule has 0 aliphatic rings. The lowest BCUT2D eigenvalue weighted by atomic mass is 9.99. The van der Waals surface area contributed by atoms with Crippen molar-refractivity contribution in [3.63, 3.8) is 0 Å². The van der Waals surface area contributed by atoms with Crippen molar-refractivity contribution in [1.82, 2.24) is 0 Å². The molecule has 1 nitrogen and oxygen atoms in total. The lowest BCUT2D eigenvalue weighted by Gasteiger charge is -2.06. The molecule has 0 aromatic heterocycles. The molecule has 2 aromatic carbocycles. The standard InChI is InChI=1S/C14H10ClO/c1-10-6-5-9-12(15)13(10)14(16)11-7-3-2-4-8-11/h3-9H,1H3. The summed E-state index contributed by atoms with van der Waals surface area (Å²) in [5.74, 6) is -0.0444. The molecule has 0 unspecified atom stereocenters. The van der Waals surface area contributed by atoms with E-state index in [0.29, 0.717) is 16.1 Å². The zero-order valence-electron chi connectivity index (χ0n) is 8.83. The second-order valence-corrected chi connectivity index (χ2v) is 3.96.